The first-order chi connectivity index (χ1) is 7.85. The maximum absolute atomic E-state index is 4.22. The smallest absolute Gasteiger partial charge is 0.141 e. The van der Waals surface area contributed by atoms with E-state index >= 15 is 0 Å². The molecule has 0 aliphatic heterocycles. The van der Waals surface area contributed by atoms with Crippen molar-refractivity contribution >= 4 is 0 Å². The van der Waals surface area contributed by atoms with Gasteiger partial charge in [-0.1, -0.05) is 19.8 Å². The highest BCUT2D eigenvalue weighted by molar-refractivity contribution is 4.90. The summed E-state index contributed by atoms with van der Waals surface area (Å²) in [7, 11) is 0. The molecule has 0 spiro atoms. The summed E-state index contributed by atoms with van der Waals surface area (Å²) in [5.41, 5.74) is 0.550. The molecule has 1 saturated carbocycles. The molecule has 1 aliphatic carbocycles. The molecule has 0 aromatic carbocycles. The molecule has 0 radical (unpaired) electrons. The molecule has 3 nitrogen and oxygen atoms in total. The van der Waals surface area contributed by atoms with Crippen molar-refractivity contribution in [3.8, 4) is 0 Å². The third kappa shape index (κ3) is 2.79. The average Bonchev–Trinajstić information content (AvgIpc) is 2.80. The summed E-state index contributed by atoms with van der Waals surface area (Å²) in [5, 5.41) is 3.51. The SMILES string of the molecule is CCC1(CNCc2ncccn2)CCCC1. The van der Waals surface area contributed by atoms with Crippen molar-refractivity contribution < 1.29 is 0 Å². The molecule has 1 aromatic heterocycles. The minimum atomic E-state index is 0.550. The number of nitrogens with one attached hydrogen (secondary N) is 1. The Labute approximate surface area is 97.7 Å². The first-order valence-corrected chi connectivity index (χ1v) is 6.31. The van der Waals surface area contributed by atoms with Crippen LogP contribution in [0, 0.1) is 5.41 Å². The van der Waals surface area contributed by atoms with Gasteiger partial charge in [-0.2, -0.15) is 0 Å². The molecule has 3 heteroatoms. The van der Waals surface area contributed by atoms with Crippen LogP contribution in [-0.4, -0.2) is 16.5 Å². The second-order valence-electron chi connectivity index (χ2n) is 4.83. The Morgan fingerprint density at radius 1 is 1.25 bits per heavy atom. The highest BCUT2D eigenvalue weighted by atomic mass is 15.0. The van der Waals surface area contributed by atoms with Crippen molar-refractivity contribution in [1.82, 2.24) is 15.3 Å². The van der Waals surface area contributed by atoms with Crippen molar-refractivity contribution in [2.24, 2.45) is 5.41 Å². The molecule has 0 saturated heterocycles. The van der Waals surface area contributed by atoms with E-state index in [2.05, 4.69) is 22.2 Å². The van der Waals surface area contributed by atoms with Crippen molar-refractivity contribution in [2.75, 3.05) is 6.54 Å². The number of nitrogens with zero attached hydrogens (tertiary/aromatic N) is 2. The summed E-state index contributed by atoms with van der Waals surface area (Å²) in [4.78, 5) is 8.44. The van der Waals surface area contributed by atoms with Crippen LogP contribution < -0.4 is 5.32 Å². The van der Waals surface area contributed by atoms with Gasteiger partial charge in [0.1, 0.15) is 5.82 Å². The third-order valence-electron chi connectivity index (χ3n) is 3.82. The van der Waals surface area contributed by atoms with Gasteiger partial charge in [0, 0.05) is 18.9 Å². The Balaban J connectivity index is 1.79. The highest BCUT2D eigenvalue weighted by Gasteiger charge is 2.31. The van der Waals surface area contributed by atoms with Crippen LogP contribution in [0.25, 0.3) is 0 Å². The summed E-state index contributed by atoms with van der Waals surface area (Å²) in [6, 6.07) is 1.86. The topological polar surface area (TPSA) is 37.8 Å². The molecule has 0 atom stereocenters. The molecule has 16 heavy (non-hydrogen) atoms. The van der Waals surface area contributed by atoms with Gasteiger partial charge in [-0.25, -0.2) is 9.97 Å². The van der Waals surface area contributed by atoms with Gasteiger partial charge >= 0.3 is 0 Å². The highest BCUT2D eigenvalue weighted by Crippen LogP contribution is 2.40. The summed E-state index contributed by atoms with van der Waals surface area (Å²) in [5.74, 6) is 0.895. The van der Waals surface area contributed by atoms with Crippen molar-refractivity contribution in [3.05, 3.63) is 24.3 Å². The summed E-state index contributed by atoms with van der Waals surface area (Å²) in [6.07, 6.45) is 10.5. The second kappa shape index (κ2) is 5.39. The van der Waals surface area contributed by atoms with E-state index in [1.54, 1.807) is 12.4 Å². The van der Waals surface area contributed by atoms with Crippen LogP contribution in [-0.2, 0) is 6.54 Å². The zero-order chi connectivity index (χ0) is 11.3. The number of hydrogen-bond acceptors (Lipinski definition) is 3. The number of hydrogen-bond donors (Lipinski definition) is 1. The van der Waals surface area contributed by atoms with Crippen molar-refractivity contribution in [3.63, 3.8) is 0 Å². The fourth-order valence-corrected chi connectivity index (χ4v) is 2.64. The van der Waals surface area contributed by atoms with Crippen LogP contribution >= 0.6 is 0 Å². The normalized spacial score (nSPS) is 18.8. The summed E-state index contributed by atoms with van der Waals surface area (Å²) >= 11 is 0. The molecule has 0 amide bonds. The van der Waals surface area contributed by atoms with Gasteiger partial charge in [0.2, 0.25) is 0 Å². The van der Waals surface area contributed by atoms with E-state index in [4.69, 9.17) is 0 Å². The van der Waals surface area contributed by atoms with E-state index < -0.39 is 0 Å². The molecule has 1 aliphatic rings. The number of rotatable bonds is 5. The lowest BCUT2D eigenvalue weighted by atomic mass is 9.83. The predicted molar refractivity (Wildman–Crippen MR) is 64.9 cm³/mol. The maximum atomic E-state index is 4.22. The monoisotopic (exact) mass is 219 g/mol. The van der Waals surface area contributed by atoms with E-state index in [1.807, 2.05) is 6.07 Å². The Bertz CT molecular complexity index is 304. The lowest BCUT2D eigenvalue weighted by Crippen LogP contribution is -2.31. The Hall–Kier alpha value is -0.960. The molecule has 88 valence electrons. The van der Waals surface area contributed by atoms with Crippen LogP contribution in [0.2, 0.25) is 0 Å². The third-order valence-corrected chi connectivity index (χ3v) is 3.82. The maximum Gasteiger partial charge on any atom is 0.141 e. The first-order valence-electron chi connectivity index (χ1n) is 6.31. The van der Waals surface area contributed by atoms with E-state index in [-0.39, 0.29) is 0 Å². The van der Waals surface area contributed by atoms with Crippen LogP contribution in [0.15, 0.2) is 18.5 Å². The van der Waals surface area contributed by atoms with Crippen molar-refractivity contribution in [2.45, 2.75) is 45.6 Å². The Morgan fingerprint density at radius 3 is 2.56 bits per heavy atom. The molecule has 2 rings (SSSR count). The predicted octanol–water partition coefficient (Wildman–Crippen LogP) is 2.54. The lowest BCUT2D eigenvalue weighted by Gasteiger charge is -2.27. The van der Waals surface area contributed by atoms with Crippen LogP contribution in [0.3, 0.4) is 0 Å². The molecule has 0 bridgehead atoms. The standard InChI is InChI=1S/C13H21N3/c1-2-13(6-3-4-7-13)11-14-10-12-15-8-5-9-16-12/h5,8-9,14H,2-4,6-7,10-11H2,1H3. The van der Waals surface area contributed by atoms with Crippen molar-refractivity contribution in [1.29, 1.82) is 0 Å². The minimum Gasteiger partial charge on any atom is -0.309 e. The van der Waals surface area contributed by atoms with Gasteiger partial charge in [0.25, 0.3) is 0 Å². The van der Waals surface area contributed by atoms with Gasteiger partial charge in [0.05, 0.1) is 6.54 Å². The van der Waals surface area contributed by atoms with Crippen LogP contribution in [0.4, 0.5) is 0 Å². The van der Waals surface area contributed by atoms with Gasteiger partial charge in [-0.15, -0.1) is 0 Å². The van der Waals surface area contributed by atoms with Crippen LogP contribution in [0.1, 0.15) is 44.9 Å². The van der Waals surface area contributed by atoms with E-state index in [0.29, 0.717) is 5.41 Å². The van der Waals surface area contributed by atoms with Gasteiger partial charge in [0.15, 0.2) is 0 Å². The van der Waals surface area contributed by atoms with Gasteiger partial charge in [-0.05, 0) is 30.7 Å². The molecule has 1 heterocycles. The molecular weight excluding hydrogens is 198 g/mol. The Kier molecular flexibility index (Phi) is 3.88. The first kappa shape index (κ1) is 11.5. The largest absolute Gasteiger partial charge is 0.309 e. The van der Waals surface area contributed by atoms with E-state index in [1.165, 1.54) is 32.1 Å². The second-order valence-corrected chi connectivity index (χ2v) is 4.83. The zero-order valence-electron chi connectivity index (χ0n) is 10.1. The zero-order valence-corrected chi connectivity index (χ0v) is 10.1. The Morgan fingerprint density at radius 2 is 1.94 bits per heavy atom. The molecule has 0 unspecified atom stereocenters. The minimum absolute atomic E-state index is 0.550. The molecular formula is C13H21N3. The summed E-state index contributed by atoms with van der Waals surface area (Å²) in [6.45, 7) is 4.22. The molecule has 1 fully saturated rings. The van der Waals surface area contributed by atoms with Gasteiger partial charge < -0.3 is 5.32 Å². The van der Waals surface area contributed by atoms with Gasteiger partial charge in [-0.3, -0.25) is 0 Å². The average molecular weight is 219 g/mol. The van der Waals surface area contributed by atoms with E-state index in [0.717, 1.165) is 18.9 Å². The quantitative estimate of drug-likeness (QED) is 0.827. The van der Waals surface area contributed by atoms with E-state index in [9.17, 15) is 0 Å². The fourth-order valence-electron chi connectivity index (χ4n) is 2.64. The fraction of sp³-hybridized carbons (Fsp3) is 0.692. The summed E-state index contributed by atoms with van der Waals surface area (Å²) < 4.78 is 0. The molecule has 1 N–H and O–H groups in total. The number of aromatic nitrogens is 2. The molecule has 1 aromatic rings. The lowest BCUT2D eigenvalue weighted by molar-refractivity contribution is 0.267. The van der Waals surface area contributed by atoms with Crippen LogP contribution in [0.5, 0.6) is 0 Å².